The number of hydrogen-bond donors (Lipinski definition) is 0. The predicted molar refractivity (Wildman–Crippen MR) is 55.6 cm³/mol. The van der Waals surface area contributed by atoms with Gasteiger partial charge in [-0.3, -0.25) is 0 Å². The lowest BCUT2D eigenvalue weighted by atomic mass is 10.1. The maximum Gasteiger partial charge on any atom is 0.0844 e. The molecule has 0 nitrogen and oxygen atoms in total. The van der Waals surface area contributed by atoms with Crippen LogP contribution in [0.1, 0.15) is 4.88 Å². The maximum absolute atomic E-state index is 5.36. The molecule has 0 bridgehead atoms. The summed E-state index contributed by atoms with van der Waals surface area (Å²) in [5, 5.41) is 6.21. The van der Waals surface area contributed by atoms with E-state index in [0.29, 0.717) is 0 Å². The second-order valence-corrected chi connectivity index (χ2v) is 4.02. The standard InChI is InChI=1S/C10H6S2/c1-2-10-9(4-6-12-10)8-3-5-11-7-8/h1,3-7H. The zero-order valence-corrected chi connectivity index (χ0v) is 7.91. The SMILES string of the molecule is C#Cc1sccc1-c1ccsc1. The topological polar surface area (TPSA) is 0 Å². The Balaban J connectivity index is 2.55. The van der Waals surface area contributed by atoms with E-state index in [1.807, 2.05) is 5.38 Å². The molecule has 0 amide bonds. The average Bonchev–Trinajstić information content (AvgIpc) is 2.74. The molecule has 0 aliphatic rings. The molecule has 2 heteroatoms. The molecule has 0 aliphatic heterocycles. The summed E-state index contributed by atoms with van der Waals surface area (Å²) in [5.41, 5.74) is 2.41. The first-order valence-electron chi connectivity index (χ1n) is 3.48. The lowest BCUT2D eigenvalue weighted by Crippen LogP contribution is -1.70. The number of terminal acetylenes is 1. The second-order valence-electron chi connectivity index (χ2n) is 2.32. The van der Waals surface area contributed by atoms with Crippen LogP contribution in [0, 0.1) is 12.3 Å². The third-order valence-corrected chi connectivity index (χ3v) is 3.16. The van der Waals surface area contributed by atoms with Crippen molar-refractivity contribution in [2.45, 2.75) is 0 Å². The Morgan fingerprint density at radius 2 is 2.17 bits per heavy atom. The van der Waals surface area contributed by atoms with Crippen molar-refractivity contribution < 1.29 is 0 Å². The lowest BCUT2D eigenvalue weighted by Gasteiger charge is -1.91. The quantitative estimate of drug-likeness (QED) is 0.604. The lowest BCUT2D eigenvalue weighted by molar-refractivity contribution is 1.80. The van der Waals surface area contributed by atoms with Crippen molar-refractivity contribution in [2.24, 2.45) is 0 Å². The smallest absolute Gasteiger partial charge is 0.0844 e. The Bertz CT molecular complexity index is 401. The normalized spacial score (nSPS) is 9.58. The Hall–Kier alpha value is -1.04. The second kappa shape index (κ2) is 3.14. The van der Waals surface area contributed by atoms with Crippen LogP contribution in [0.15, 0.2) is 28.3 Å². The van der Waals surface area contributed by atoms with Crippen LogP contribution in [-0.2, 0) is 0 Å². The maximum atomic E-state index is 5.36. The van der Waals surface area contributed by atoms with Crippen molar-refractivity contribution in [1.29, 1.82) is 0 Å². The van der Waals surface area contributed by atoms with E-state index in [1.54, 1.807) is 22.7 Å². The molecule has 0 radical (unpaired) electrons. The Morgan fingerprint density at radius 3 is 2.83 bits per heavy atom. The first-order chi connectivity index (χ1) is 5.92. The molecule has 0 fully saturated rings. The molecule has 2 heterocycles. The highest BCUT2D eigenvalue weighted by molar-refractivity contribution is 7.11. The van der Waals surface area contributed by atoms with Crippen molar-refractivity contribution >= 4 is 22.7 Å². The van der Waals surface area contributed by atoms with Crippen molar-refractivity contribution in [1.82, 2.24) is 0 Å². The predicted octanol–water partition coefficient (Wildman–Crippen LogP) is 3.46. The summed E-state index contributed by atoms with van der Waals surface area (Å²) in [6, 6.07) is 4.16. The summed E-state index contributed by atoms with van der Waals surface area (Å²) >= 11 is 3.31. The van der Waals surface area contributed by atoms with Crippen LogP contribution in [0.4, 0.5) is 0 Å². The van der Waals surface area contributed by atoms with Gasteiger partial charge in [0.2, 0.25) is 0 Å². The van der Waals surface area contributed by atoms with Crippen molar-refractivity contribution in [3.05, 3.63) is 33.2 Å². The van der Waals surface area contributed by atoms with Gasteiger partial charge in [0.25, 0.3) is 0 Å². The van der Waals surface area contributed by atoms with E-state index in [9.17, 15) is 0 Å². The minimum atomic E-state index is 1.02. The van der Waals surface area contributed by atoms with Crippen LogP contribution in [-0.4, -0.2) is 0 Å². The van der Waals surface area contributed by atoms with Gasteiger partial charge in [-0.25, -0.2) is 0 Å². The van der Waals surface area contributed by atoms with E-state index >= 15 is 0 Å². The summed E-state index contributed by atoms with van der Waals surface area (Å²) in [7, 11) is 0. The minimum Gasteiger partial charge on any atom is -0.152 e. The molecular formula is C10H6S2. The fourth-order valence-electron chi connectivity index (χ4n) is 1.07. The molecule has 12 heavy (non-hydrogen) atoms. The third kappa shape index (κ3) is 1.18. The largest absolute Gasteiger partial charge is 0.152 e. The first kappa shape index (κ1) is 7.60. The van der Waals surface area contributed by atoms with Gasteiger partial charge in [0.05, 0.1) is 4.88 Å². The third-order valence-electron chi connectivity index (χ3n) is 1.63. The van der Waals surface area contributed by atoms with E-state index in [2.05, 4.69) is 28.8 Å². The molecular weight excluding hydrogens is 184 g/mol. The van der Waals surface area contributed by atoms with Gasteiger partial charge in [0.1, 0.15) is 0 Å². The molecule has 0 aliphatic carbocycles. The Morgan fingerprint density at radius 1 is 1.25 bits per heavy atom. The van der Waals surface area contributed by atoms with Crippen LogP contribution in [0.2, 0.25) is 0 Å². The molecule has 2 aromatic rings. The minimum absolute atomic E-state index is 1.02. The van der Waals surface area contributed by atoms with Crippen LogP contribution >= 0.6 is 22.7 Å². The molecule has 58 valence electrons. The highest BCUT2D eigenvalue weighted by Crippen LogP contribution is 2.28. The number of rotatable bonds is 1. The monoisotopic (exact) mass is 190 g/mol. The molecule has 0 saturated heterocycles. The van der Waals surface area contributed by atoms with Crippen molar-refractivity contribution in [2.75, 3.05) is 0 Å². The van der Waals surface area contributed by atoms with Gasteiger partial charge >= 0.3 is 0 Å². The van der Waals surface area contributed by atoms with E-state index in [4.69, 9.17) is 6.42 Å². The van der Waals surface area contributed by atoms with Crippen LogP contribution in [0.25, 0.3) is 11.1 Å². The molecule has 0 atom stereocenters. The van der Waals surface area contributed by atoms with Crippen LogP contribution in [0.3, 0.4) is 0 Å². The van der Waals surface area contributed by atoms with E-state index < -0.39 is 0 Å². The zero-order chi connectivity index (χ0) is 8.39. The molecule has 0 aromatic carbocycles. The van der Waals surface area contributed by atoms with Crippen LogP contribution < -0.4 is 0 Å². The van der Waals surface area contributed by atoms with Crippen LogP contribution in [0.5, 0.6) is 0 Å². The molecule has 0 saturated carbocycles. The Kier molecular flexibility index (Phi) is 1.99. The van der Waals surface area contributed by atoms with Gasteiger partial charge in [0, 0.05) is 5.56 Å². The van der Waals surface area contributed by atoms with Gasteiger partial charge in [-0.1, -0.05) is 5.92 Å². The van der Waals surface area contributed by atoms with E-state index in [0.717, 1.165) is 4.88 Å². The fourth-order valence-corrected chi connectivity index (χ4v) is 2.44. The summed E-state index contributed by atoms with van der Waals surface area (Å²) < 4.78 is 0. The highest BCUT2D eigenvalue weighted by Gasteiger charge is 2.03. The summed E-state index contributed by atoms with van der Waals surface area (Å²) in [6.45, 7) is 0. The van der Waals surface area contributed by atoms with Gasteiger partial charge < -0.3 is 0 Å². The van der Waals surface area contributed by atoms with Gasteiger partial charge in [-0.05, 0) is 33.8 Å². The van der Waals surface area contributed by atoms with E-state index in [1.165, 1.54) is 11.1 Å². The number of hydrogen-bond acceptors (Lipinski definition) is 2. The highest BCUT2D eigenvalue weighted by atomic mass is 32.1. The Labute approximate surface area is 79.5 Å². The molecule has 0 spiro atoms. The summed E-state index contributed by atoms with van der Waals surface area (Å²) in [5.74, 6) is 2.69. The van der Waals surface area contributed by atoms with Gasteiger partial charge in [-0.2, -0.15) is 11.3 Å². The summed E-state index contributed by atoms with van der Waals surface area (Å²) in [4.78, 5) is 1.02. The molecule has 0 N–H and O–H groups in total. The first-order valence-corrected chi connectivity index (χ1v) is 5.31. The van der Waals surface area contributed by atoms with Gasteiger partial charge in [-0.15, -0.1) is 17.8 Å². The molecule has 0 unspecified atom stereocenters. The van der Waals surface area contributed by atoms with Gasteiger partial charge in [0.15, 0.2) is 0 Å². The van der Waals surface area contributed by atoms with Crippen molar-refractivity contribution in [3.8, 4) is 23.5 Å². The average molecular weight is 190 g/mol. The molecule has 2 rings (SSSR count). The zero-order valence-electron chi connectivity index (χ0n) is 6.28. The number of thiophene rings is 2. The van der Waals surface area contributed by atoms with Crippen molar-refractivity contribution in [3.63, 3.8) is 0 Å². The summed E-state index contributed by atoms with van der Waals surface area (Å²) in [6.07, 6.45) is 5.36. The molecule has 2 aromatic heterocycles. The van der Waals surface area contributed by atoms with E-state index in [-0.39, 0.29) is 0 Å². The fraction of sp³-hybridized carbons (Fsp3) is 0.